The van der Waals surface area contributed by atoms with Crippen LogP contribution in [-0.2, 0) is 22.3 Å². The quantitative estimate of drug-likeness (QED) is 0.547. The number of amidine groups is 1. The van der Waals surface area contributed by atoms with Crippen molar-refractivity contribution in [2.75, 3.05) is 6.61 Å². The summed E-state index contributed by atoms with van der Waals surface area (Å²) in [5.74, 6) is -0.153. The zero-order valence-electron chi connectivity index (χ0n) is 18.4. The number of hydrogen-bond acceptors (Lipinski definition) is 6. The number of pyridine rings is 1. The van der Waals surface area contributed by atoms with E-state index in [9.17, 15) is 13.2 Å². The molecule has 0 fully saturated rings. The van der Waals surface area contributed by atoms with E-state index in [1.54, 1.807) is 36.5 Å². The predicted molar refractivity (Wildman–Crippen MR) is 125 cm³/mol. The summed E-state index contributed by atoms with van der Waals surface area (Å²) in [5, 5.41) is 2.98. The number of carbonyl (C=O) groups excluding carboxylic acids is 1. The third-order valence-electron chi connectivity index (χ3n) is 5.07. The average Bonchev–Trinajstić information content (AvgIpc) is 3.24. The molecule has 172 valence electrons. The number of nitrogens with one attached hydrogen (secondary N) is 1. The highest BCUT2D eigenvalue weighted by molar-refractivity contribution is 7.89. The molecular weight excluding hydrogens is 442 g/mol. The van der Waals surface area contributed by atoms with E-state index in [4.69, 9.17) is 10.5 Å². The van der Waals surface area contributed by atoms with Gasteiger partial charge < -0.3 is 20.4 Å². The summed E-state index contributed by atoms with van der Waals surface area (Å²) in [6.07, 6.45) is 5.48. The van der Waals surface area contributed by atoms with Crippen molar-refractivity contribution < 1.29 is 17.9 Å². The van der Waals surface area contributed by atoms with Crippen LogP contribution in [0, 0.1) is 0 Å². The van der Waals surface area contributed by atoms with E-state index < -0.39 is 15.6 Å². The highest BCUT2D eigenvalue weighted by Crippen LogP contribution is 2.28. The largest absolute Gasteiger partial charge is 0.490 e. The minimum absolute atomic E-state index is 0.0966. The smallest absolute Gasteiger partial charge is 0.259 e. The van der Waals surface area contributed by atoms with Crippen molar-refractivity contribution in [1.82, 2.24) is 14.9 Å². The fourth-order valence-corrected chi connectivity index (χ4v) is 4.66. The number of carbonyl (C=O) groups is 1. The standard InChI is InChI=1S/C23H25N5O4S/c1-23(2,15-32-19-7-5-6-17-14-33(30,31)27-21(24)20(17)19)26-22(29)16-8-9-25-18(12-16)13-28-10-3-4-11-28/h3-12H,13-15H2,1-2H3,(H2,24,27)(H,26,29). The Morgan fingerprint density at radius 1 is 1.21 bits per heavy atom. The molecule has 4 rings (SSSR count). The van der Waals surface area contributed by atoms with Gasteiger partial charge in [0.05, 0.1) is 29.1 Å². The van der Waals surface area contributed by atoms with E-state index >= 15 is 0 Å². The molecule has 2 aromatic heterocycles. The molecule has 0 spiro atoms. The maximum Gasteiger partial charge on any atom is 0.259 e. The molecule has 9 nitrogen and oxygen atoms in total. The highest BCUT2D eigenvalue weighted by Gasteiger charge is 2.27. The summed E-state index contributed by atoms with van der Waals surface area (Å²) in [6, 6.07) is 12.4. The summed E-state index contributed by atoms with van der Waals surface area (Å²) in [7, 11) is -3.63. The van der Waals surface area contributed by atoms with Crippen LogP contribution in [0.25, 0.3) is 0 Å². The molecule has 33 heavy (non-hydrogen) atoms. The Hall–Kier alpha value is -3.66. The number of nitrogens with zero attached hydrogens (tertiary/aromatic N) is 3. The number of nitrogens with two attached hydrogens (primary N) is 1. The summed E-state index contributed by atoms with van der Waals surface area (Å²) in [6.45, 7) is 4.38. The lowest BCUT2D eigenvalue weighted by molar-refractivity contribution is 0.0880. The second-order valence-electron chi connectivity index (χ2n) is 8.51. The van der Waals surface area contributed by atoms with Gasteiger partial charge in [0, 0.05) is 24.2 Å². The lowest BCUT2D eigenvalue weighted by atomic mass is 10.0. The van der Waals surface area contributed by atoms with Crippen LogP contribution in [-0.4, -0.2) is 41.9 Å². The number of fused-ring (bicyclic) bond motifs is 1. The Kier molecular flexibility index (Phi) is 5.94. The molecule has 3 N–H and O–H groups in total. The molecule has 0 atom stereocenters. The van der Waals surface area contributed by atoms with Gasteiger partial charge in [-0.2, -0.15) is 0 Å². The van der Waals surface area contributed by atoms with Gasteiger partial charge in [-0.25, -0.2) is 8.42 Å². The summed E-state index contributed by atoms with van der Waals surface area (Å²) >= 11 is 0. The molecule has 0 radical (unpaired) electrons. The fourth-order valence-electron chi connectivity index (χ4n) is 3.57. The van der Waals surface area contributed by atoms with Crippen molar-refractivity contribution >= 4 is 21.8 Å². The molecule has 0 saturated heterocycles. The number of amides is 1. The predicted octanol–water partition coefficient (Wildman–Crippen LogP) is 2.07. The van der Waals surface area contributed by atoms with Gasteiger partial charge in [0.1, 0.15) is 18.2 Å². The molecule has 3 aromatic rings. The van der Waals surface area contributed by atoms with E-state index in [2.05, 4.69) is 14.7 Å². The van der Waals surface area contributed by atoms with Gasteiger partial charge in [0.15, 0.2) is 0 Å². The molecule has 0 saturated carbocycles. The summed E-state index contributed by atoms with van der Waals surface area (Å²) in [4.78, 5) is 17.2. The van der Waals surface area contributed by atoms with Crippen LogP contribution in [0.5, 0.6) is 5.75 Å². The molecule has 1 amide bonds. The maximum atomic E-state index is 12.9. The minimum Gasteiger partial charge on any atom is -0.490 e. The van der Waals surface area contributed by atoms with Crippen molar-refractivity contribution in [3.05, 3.63) is 83.4 Å². The third-order valence-corrected chi connectivity index (χ3v) is 6.22. The van der Waals surface area contributed by atoms with E-state index in [0.29, 0.717) is 29.0 Å². The lowest BCUT2D eigenvalue weighted by Crippen LogP contribution is -2.48. The number of aromatic nitrogens is 2. The monoisotopic (exact) mass is 467 g/mol. The molecule has 10 heteroatoms. The molecule has 1 aliphatic rings. The maximum absolute atomic E-state index is 12.9. The first kappa shape index (κ1) is 22.5. The minimum atomic E-state index is -3.63. The van der Waals surface area contributed by atoms with E-state index in [1.165, 1.54) is 0 Å². The van der Waals surface area contributed by atoms with Gasteiger partial charge in [-0.3, -0.25) is 9.78 Å². The van der Waals surface area contributed by atoms with Gasteiger partial charge in [-0.05, 0) is 49.7 Å². The SMILES string of the molecule is CC(C)(COc1cccc2c1C(N)=NS(=O)(=O)C2)NC(=O)c1ccnc(Cn2cccc2)c1. The van der Waals surface area contributed by atoms with Crippen molar-refractivity contribution in [2.24, 2.45) is 10.1 Å². The third kappa shape index (κ3) is 5.40. The van der Waals surface area contributed by atoms with Crippen LogP contribution in [0.2, 0.25) is 0 Å². The van der Waals surface area contributed by atoms with Crippen molar-refractivity contribution in [1.29, 1.82) is 0 Å². The molecule has 0 aliphatic carbocycles. The van der Waals surface area contributed by atoms with Gasteiger partial charge in [-0.15, -0.1) is 4.40 Å². The first-order chi connectivity index (χ1) is 15.6. The Morgan fingerprint density at radius 2 is 1.97 bits per heavy atom. The zero-order chi connectivity index (χ0) is 23.6. The number of rotatable bonds is 7. The van der Waals surface area contributed by atoms with Gasteiger partial charge in [0.25, 0.3) is 15.9 Å². The normalized spacial score (nSPS) is 14.8. The van der Waals surface area contributed by atoms with Gasteiger partial charge in [-0.1, -0.05) is 12.1 Å². The first-order valence-corrected chi connectivity index (χ1v) is 11.9. The van der Waals surface area contributed by atoms with Crippen LogP contribution in [0.4, 0.5) is 0 Å². The van der Waals surface area contributed by atoms with E-state index in [-0.39, 0.29) is 24.1 Å². The summed E-state index contributed by atoms with van der Waals surface area (Å²) in [5.41, 5.74) is 7.45. The summed E-state index contributed by atoms with van der Waals surface area (Å²) < 4.78 is 35.2. The molecule has 3 heterocycles. The second-order valence-corrected chi connectivity index (χ2v) is 10.1. The van der Waals surface area contributed by atoms with Crippen LogP contribution < -0.4 is 15.8 Å². The number of ether oxygens (including phenoxy) is 1. The van der Waals surface area contributed by atoms with Crippen LogP contribution in [0.15, 0.2) is 65.5 Å². The van der Waals surface area contributed by atoms with Crippen molar-refractivity contribution in [3.8, 4) is 5.75 Å². The average molecular weight is 468 g/mol. The molecule has 0 bridgehead atoms. The number of benzene rings is 1. The molecular formula is C23H25N5O4S. The lowest BCUT2D eigenvalue weighted by Gasteiger charge is -2.27. The molecule has 1 aromatic carbocycles. The highest BCUT2D eigenvalue weighted by atomic mass is 32.2. The van der Waals surface area contributed by atoms with Crippen LogP contribution in [0.3, 0.4) is 0 Å². The molecule has 0 unspecified atom stereocenters. The molecule has 1 aliphatic heterocycles. The van der Waals surface area contributed by atoms with Crippen LogP contribution >= 0.6 is 0 Å². The number of sulfonamides is 1. The Balaban J connectivity index is 1.44. The van der Waals surface area contributed by atoms with E-state index in [0.717, 1.165) is 5.69 Å². The second kappa shape index (κ2) is 8.70. The van der Waals surface area contributed by atoms with Gasteiger partial charge in [0.2, 0.25) is 0 Å². The topological polar surface area (TPSA) is 129 Å². The van der Waals surface area contributed by atoms with Crippen LogP contribution in [0.1, 0.15) is 41.0 Å². The zero-order valence-corrected chi connectivity index (χ0v) is 19.2. The van der Waals surface area contributed by atoms with Crippen molar-refractivity contribution in [2.45, 2.75) is 31.7 Å². The Bertz CT molecular complexity index is 1310. The Labute approximate surface area is 192 Å². The van der Waals surface area contributed by atoms with Crippen molar-refractivity contribution in [3.63, 3.8) is 0 Å². The van der Waals surface area contributed by atoms with E-state index in [1.807, 2.05) is 42.9 Å². The fraction of sp³-hybridized carbons (Fsp3) is 0.261. The van der Waals surface area contributed by atoms with Gasteiger partial charge >= 0.3 is 0 Å². The first-order valence-electron chi connectivity index (χ1n) is 10.3. The number of hydrogen-bond donors (Lipinski definition) is 2. The Morgan fingerprint density at radius 3 is 2.73 bits per heavy atom.